The Bertz CT molecular complexity index is 1190. The molecule has 0 saturated carbocycles. The second-order valence-electron chi connectivity index (χ2n) is 8.92. The number of anilines is 2. The molecule has 1 N–H and O–H groups in total. The lowest BCUT2D eigenvalue weighted by molar-refractivity contribution is -0.137. The van der Waals surface area contributed by atoms with Crippen molar-refractivity contribution >= 4 is 17.3 Å². The molecule has 0 spiro atoms. The molecule has 3 aromatic carbocycles. The van der Waals surface area contributed by atoms with Crippen molar-refractivity contribution in [3.63, 3.8) is 0 Å². The fourth-order valence-corrected chi connectivity index (χ4v) is 4.71. The molecule has 1 unspecified atom stereocenters. The first-order valence-electron chi connectivity index (χ1n) is 11.4. The number of fused-ring (bicyclic) bond motifs is 2. The molecule has 0 saturated heterocycles. The second kappa shape index (κ2) is 9.27. The molecule has 2 aliphatic rings. The van der Waals surface area contributed by atoms with Crippen molar-refractivity contribution in [2.75, 3.05) is 30.7 Å². The predicted molar refractivity (Wildman–Crippen MR) is 130 cm³/mol. The lowest BCUT2D eigenvalue weighted by atomic mass is 9.81. The van der Waals surface area contributed by atoms with Crippen LogP contribution in [0.1, 0.15) is 35.4 Å². The highest BCUT2D eigenvalue weighted by Crippen LogP contribution is 2.39. The number of benzene rings is 3. The molecule has 0 aromatic heterocycles. The van der Waals surface area contributed by atoms with E-state index in [0.717, 1.165) is 47.3 Å². The molecule has 34 heavy (non-hydrogen) atoms. The number of rotatable bonds is 6. The van der Waals surface area contributed by atoms with Crippen molar-refractivity contribution in [2.24, 2.45) is 0 Å². The third kappa shape index (κ3) is 4.26. The van der Waals surface area contributed by atoms with Gasteiger partial charge in [0.25, 0.3) is 0 Å². The standard InChI is InChI=1S/C27H28N2O5/c1-28(2)20-9-6-18(7-10-20)16-29(21-11-13-25-26(14-21)33-17-32-25)27(30)23-5-3-4-19-8-12-22(34-31)15-24(19)23/h6-15,23,31H,3-5,16-17H2,1-2H3. The van der Waals surface area contributed by atoms with Gasteiger partial charge < -0.3 is 24.2 Å². The van der Waals surface area contributed by atoms with Crippen molar-refractivity contribution in [1.29, 1.82) is 0 Å². The van der Waals surface area contributed by atoms with E-state index in [1.807, 2.05) is 48.2 Å². The zero-order valence-electron chi connectivity index (χ0n) is 19.4. The van der Waals surface area contributed by atoms with Crippen molar-refractivity contribution < 1.29 is 24.4 Å². The highest BCUT2D eigenvalue weighted by Gasteiger charge is 2.32. The third-order valence-electron chi connectivity index (χ3n) is 6.56. The van der Waals surface area contributed by atoms with Gasteiger partial charge in [-0.25, -0.2) is 5.26 Å². The molecule has 3 aromatic rings. The van der Waals surface area contributed by atoms with Gasteiger partial charge in [-0.15, -0.1) is 0 Å². The minimum absolute atomic E-state index is 0.00610. The summed E-state index contributed by atoms with van der Waals surface area (Å²) >= 11 is 0. The van der Waals surface area contributed by atoms with E-state index in [-0.39, 0.29) is 18.6 Å². The lowest BCUT2D eigenvalue weighted by Crippen LogP contribution is -2.36. The van der Waals surface area contributed by atoms with Gasteiger partial charge in [-0.05, 0) is 72.4 Å². The van der Waals surface area contributed by atoms with Gasteiger partial charge in [-0.1, -0.05) is 18.2 Å². The van der Waals surface area contributed by atoms with Gasteiger partial charge in [0, 0.05) is 31.5 Å². The Balaban J connectivity index is 1.51. The lowest BCUT2D eigenvalue weighted by Gasteiger charge is -2.31. The molecule has 1 aliphatic heterocycles. The molecular formula is C27H28N2O5. The summed E-state index contributed by atoms with van der Waals surface area (Å²) in [6.45, 7) is 0.604. The Labute approximate surface area is 199 Å². The number of carbonyl (C=O) groups is 1. The zero-order valence-corrected chi connectivity index (χ0v) is 19.4. The van der Waals surface area contributed by atoms with E-state index in [1.165, 1.54) is 0 Å². The van der Waals surface area contributed by atoms with E-state index in [0.29, 0.717) is 23.8 Å². The first kappa shape index (κ1) is 22.1. The minimum atomic E-state index is -0.328. The van der Waals surface area contributed by atoms with Crippen molar-refractivity contribution in [1.82, 2.24) is 0 Å². The molecule has 1 amide bonds. The summed E-state index contributed by atoms with van der Waals surface area (Å²) in [6, 6.07) is 19.3. The second-order valence-corrected chi connectivity index (χ2v) is 8.92. The number of ether oxygens (including phenoxy) is 2. The predicted octanol–water partition coefficient (Wildman–Crippen LogP) is 4.99. The van der Waals surface area contributed by atoms with Crippen LogP contribution < -0.4 is 24.2 Å². The van der Waals surface area contributed by atoms with Crippen LogP contribution in [0.3, 0.4) is 0 Å². The molecule has 0 radical (unpaired) electrons. The monoisotopic (exact) mass is 460 g/mol. The molecule has 0 fully saturated rings. The third-order valence-corrected chi connectivity index (χ3v) is 6.56. The largest absolute Gasteiger partial charge is 0.454 e. The van der Waals surface area contributed by atoms with Crippen molar-refractivity contribution in [3.05, 3.63) is 77.4 Å². The van der Waals surface area contributed by atoms with E-state index >= 15 is 0 Å². The van der Waals surface area contributed by atoms with Gasteiger partial charge in [0.05, 0.1) is 12.5 Å². The summed E-state index contributed by atoms with van der Waals surface area (Å²) in [6.07, 6.45) is 2.57. The molecule has 7 nitrogen and oxygen atoms in total. The van der Waals surface area contributed by atoms with Gasteiger partial charge in [-0.3, -0.25) is 4.79 Å². The van der Waals surface area contributed by atoms with E-state index in [9.17, 15) is 10.1 Å². The van der Waals surface area contributed by atoms with Gasteiger partial charge >= 0.3 is 0 Å². The average molecular weight is 461 g/mol. The molecule has 176 valence electrons. The topological polar surface area (TPSA) is 71.5 Å². The molecule has 5 rings (SSSR count). The van der Waals surface area contributed by atoms with Gasteiger partial charge in [0.15, 0.2) is 17.2 Å². The normalized spacial score (nSPS) is 16.0. The summed E-state index contributed by atoms with van der Waals surface area (Å²) in [7, 11) is 4.00. The Morgan fingerprint density at radius 3 is 2.53 bits per heavy atom. The first-order valence-corrected chi connectivity index (χ1v) is 11.4. The molecule has 1 aliphatic carbocycles. The minimum Gasteiger partial charge on any atom is -0.454 e. The van der Waals surface area contributed by atoms with Crippen molar-refractivity contribution in [3.8, 4) is 17.2 Å². The number of carbonyl (C=O) groups excluding carboxylic acids is 1. The van der Waals surface area contributed by atoms with E-state index < -0.39 is 0 Å². The molecular weight excluding hydrogens is 432 g/mol. The number of aryl methyl sites for hydroxylation is 1. The summed E-state index contributed by atoms with van der Waals surface area (Å²) in [5.74, 6) is 1.33. The van der Waals surface area contributed by atoms with Gasteiger partial charge in [0.2, 0.25) is 12.7 Å². The summed E-state index contributed by atoms with van der Waals surface area (Å²) in [4.78, 5) is 22.4. The van der Waals surface area contributed by atoms with Crippen LogP contribution in [0.25, 0.3) is 0 Å². The smallest absolute Gasteiger partial charge is 0.234 e. The van der Waals surface area contributed by atoms with E-state index in [2.05, 4.69) is 29.2 Å². The molecule has 7 heteroatoms. The highest BCUT2D eigenvalue weighted by atomic mass is 17.1. The fourth-order valence-electron chi connectivity index (χ4n) is 4.71. The first-order chi connectivity index (χ1) is 16.5. The van der Waals surface area contributed by atoms with Gasteiger partial charge in [0.1, 0.15) is 0 Å². The van der Waals surface area contributed by atoms with Crippen molar-refractivity contribution in [2.45, 2.75) is 31.7 Å². The number of hydrogen-bond donors (Lipinski definition) is 1. The van der Waals surface area contributed by atoms with Crippen LogP contribution in [0, 0.1) is 0 Å². The quantitative estimate of drug-likeness (QED) is 0.413. The summed E-state index contributed by atoms with van der Waals surface area (Å²) in [5, 5.41) is 9.17. The van der Waals surface area contributed by atoms with E-state index in [1.54, 1.807) is 12.1 Å². The van der Waals surface area contributed by atoms with E-state index in [4.69, 9.17) is 9.47 Å². The van der Waals surface area contributed by atoms with Crippen LogP contribution in [0.2, 0.25) is 0 Å². The Morgan fingerprint density at radius 2 is 1.76 bits per heavy atom. The van der Waals surface area contributed by atoms with Crippen LogP contribution in [0.5, 0.6) is 17.2 Å². The fraction of sp³-hybridized carbons (Fsp3) is 0.296. The number of amides is 1. The maximum absolute atomic E-state index is 14.1. The molecule has 0 bridgehead atoms. The Kier molecular flexibility index (Phi) is 6.02. The zero-order chi connectivity index (χ0) is 23.7. The molecule has 1 atom stereocenters. The van der Waals surface area contributed by atoms with Crippen LogP contribution in [0.15, 0.2) is 60.7 Å². The van der Waals surface area contributed by atoms with Crippen LogP contribution in [0.4, 0.5) is 11.4 Å². The average Bonchev–Trinajstić information content (AvgIpc) is 3.34. The summed E-state index contributed by atoms with van der Waals surface area (Å²) < 4.78 is 11.1. The number of hydrogen-bond acceptors (Lipinski definition) is 6. The van der Waals surface area contributed by atoms with Crippen LogP contribution in [-0.2, 0) is 17.8 Å². The highest BCUT2D eigenvalue weighted by molar-refractivity contribution is 5.98. The van der Waals surface area contributed by atoms with Crippen LogP contribution >= 0.6 is 0 Å². The number of nitrogens with zero attached hydrogens (tertiary/aromatic N) is 2. The van der Waals surface area contributed by atoms with Gasteiger partial charge in [-0.2, -0.15) is 0 Å². The summed E-state index contributed by atoms with van der Waals surface area (Å²) in [5.41, 5.74) is 4.91. The maximum atomic E-state index is 14.1. The maximum Gasteiger partial charge on any atom is 0.234 e. The SMILES string of the molecule is CN(C)c1ccc(CN(C(=O)C2CCCc3ccc(OO)cc32)c2ccc3c(c2)OCO3)cc1. The van der Waals surface area contributed by atoms with Crippen LogP contribution in [-0.4, -0.2) is 32.1 Å². The molecule has 1 heterocycles. The Hall–Kier alpha value is -3.71. The Morgan fingerprint density at radius 1 is 1.00 bits per heavy atom.